The summed E-state index contributed by atoms with van der Waals surface area (Å²) in [7, 11) is -4.16. The average Bonchev–Trinajstić information content (AvgIpc) is 2.92. The molecule has 12 heteroatoms. The van der Waals surface area contributed by atoms with Crippen LogP contribution in [0.2, 0.25) is 0 Å². The fourth-order valence-corrected chi connectivity index (χ4v) is 5.33. The molecular formula is C28H36N4O7S. The Morgan fingerprint density at radius 3 is 2.27 bits per heavy atom. The number of nitrogens with zero attached hydrogens (tertiary/aromatic N) is 1. The van der Waals surface area contributed by atoms with Crippen molar-refractivity contribution < 1.29 is 32.3 Å². The first-order chi connectivity index (χ1) is 19.0. The molecule has 1 aromatic heterocycles. The van der Waals surface area contributed by atoms with Crippen LogP contribution in [0.25, 0.3) is 0 Å². The number of rotatable bonds is 12. The Balaban J connectivity index is 1.47. The predicted molar refractivity (Wildman–Crippen MR) is 147 cm³/mol. The van der Waals surface area contributed by atoms with Crippen molar-refractivity contribution >= 4 is 33.7 Å². The fraction of sp³-hybridized carbons (Fsp3) is 0.464. The second-order valence-corrected chi connectivity index (χ2v) is 11.7. The zero-order valence-corrected chi connectivity index (χ0v) is 23.6. The Morgan fingerprint density at radius 2 is 1.65 bits per heavy atom. The number of aromatic nitrogens is 1. The van der Waals surface area contributed by atoms with E-state index < -0.39 is 27.8 Å². The molecule has 2 aromatic rings. The van der Waals surface area contributed by atoms with Gasteiger partial charge in [-0.25, -0.2) is 13.1 Å². The maximum Gasteiger partial charge on any atom is 0.325 e. The molecular weight excluding hydrogens is 536 g/mol. The SMILES string of the molecule is CC(C)OC(=O)CNC(=O)c1ccc(C(=O)NS(=O)(=O)c2ccc(CCNC(=O)CC3CCCCC3)cc2)cn1. The van der Waals surface area contributed by atoms with Gasteiger partial charge in [0.25, 0.3) is 21.8 Å². The molecule has 1 fully saturated rings. The van der Waals surface area contributed by atoms with E-state index in [2.05, 4.69) is 15.6 Å². The maximum absolute atomic E-state index is 12.7. The molecule has 3 N–H and O–H groups in total. The standard InChI is InChI=1S/C28H36N4O7S/c1-19(2)39-26(34)18-31-28(36)24-13-10-22(17-30-24)27(35)32-40(37,38)23-11-8-20(9-12-23)14-15-29-25(33)16-21-6-4-3-5-7-21/h8-13,17,19,21H,3-7,14-16,18H2,1-2H3,(H,29,33)(H,31,36)(H,32,35). The van der Waals surface area contributed by atoms with Gasteiger partial charge >= 0.3 is 5.97 Å². The van der Waals surface area contributed by atoms with Gasteiger partial charge in [0, 0.05) is 19.2 Å². The predicted octanol–water partition coefficient (Wildman–Crippen LogP) is 2.51. The van der Waals surface area contributed by atoms with Gasteiger partial charge in [0.05, 0.1) is 16.6 Å². The lowest BCUT2D eigenvalue weighted by molar-refractivity contribution is -0.146. The Morgan fingerprint density at radius 1 is 0.950 bits per heavy atom. The van der Waals surface area contributed by atoms with Crippen LogP contribution in [0.5, 0.6) is 0 Å². The van der Waals surface area contributed by atoms with Crippen LogP contribution in [0, 0.1) is 5.92 Å². The summed E-state index contributed by atoms with van der Waals surface area (Å²) in [5, 5.41) is 5.29. The molecule has 3 amide bonds. The van der Waals surface area contributed by atoms with Gasteiger partial charge in [-0.15, -0.1) is 0 Å². The first-order valence-electron chi connectivity index (χ1n) is 13.4. The molecule has 3 rings (SSSR count). The summed E-state index contributed by atoms with van der Waals surface area (Å²) < 4.78 is 32.3. The van der Waals surface area contributed by atoms with E-state index in [1.54, 1.807) is 26.0 Å². The molecule has 0 radical (unpaired) electrons. The van der Waals surface area contributed by atoms with Crippen molar-refractivity contribution in [1.82, 2.24) is 20.3 Å². The Labute approximate surface area is 234 Å². The second-order valence-electron chi connectivity index (χ2n) is 10.0. The van der Waals surface area contributed by atoms with Crippen LogP contribution in [-0.4, -0.2) is 56.3 Å². The zero-order chi connectivity index (χ0) is 29.1. The van der Waals surface area contributed by atoms with Crippen molar-refractivity contribution in [3.8, 4) is 0 Å². The van der Waals surface area contributed by atoms with Crippen LogP contribution in [0.15, 0.2) is 47.5 Å². The van der Waals surface area contributed by atoms with Gasteiger partial charge in [0.1, 0.15) is 12.2 Å². The van der Waals surface area contributed by atoms with Gasteiger partial charge in [0.2, 0.25) is 5.91 Å². The number of pyridine rings is 1. The summed E-state index contributed by atoms with van der Waals surface area (Å²) in [6.45, 7) is 3.48. The smallest absolute Gasteiger partial charge is 0.325 e. The number of hydrogen-bond donors (Lipinski definition) is 3. The van der Waals surface area contributed by atoms with E-state index in [9.17, 15) is 27.6 Å². The van der Waals surface area contributed by atoms with E-state index in [4.69, 9.17) is 4.74 Å². The van der Waals surface area contributed by atoms with Crippen LogP contribution in [-0.2, 0) is 30.8 Å². The lowest BCUT2D eigenvalue weighted by atomic mass is 9.87. The maximum atomic E-state index is 12.7. The van der Waals surface area contributed by atoms with Crippen molar-refractivity contribution in [2.75, 3.05) is 13.1 Å². The van der Waals surface area contributed by atoms with E-state index in [-0.39, 0.29) is 34.7 Å². The third-order valence-corrected chi connectivity index (χ3v) is 7.76. The van der Waals surface area contributed by atoms with Gasteiger partial charge in [-0.05, 0) is 68.9 Å². The van der Waals surface area contributed by atoms with Crippen molar-refractivity contribution in [3.05, 3.63) is 59.4 Å². The monoisotopic (exact) mass is 572 g/mol. The zero-order valence-electron chi connectivity index (χ0n) is 22.8. The fourth-order valence-electron chi connectivity index (χ4n) is 4.36. The quantitative estimate of drug-likeness (QED) is 0.327. The normalized spacial score (nSPS) is 13.9. The minimum atomic E-state index is -4.16. The van der Waals surface area contributed by atoms with Crippen LogP contribution >= 0.6 is 0 Å². The van der Waals surface area contributed by atoms with Crippen LogP contribution in [0.1, 0.15) is 78.8 Å². The Kier molecular flexibility index (Phi) is 11.2. The molecule has 1 saturated carbocycles. The Hall–Kier alpha value is -3.80. The molecule has 1 aliphatic rings. The molecule has 1 heterocycles. The Bertz CT molecular complexity index is 1290. The van der Waals surface area contributed by atoms with E-state index in [0.29, 0.717) is 25.3 Å². The molecule has 0 spiro atoms. The summed E-state index contributed by atoms with van der Waals surface area (Å²) in [4.78, 5) is 52.2. The molecule has 0 bridgehead atoms. The van der Waals surface area contributed by atoms with E-state index in [0.717, 1.165) is 24.6 Å². The lowest BCUT2D eigenvalue weighted by Crippen LogP contribution is -2.32. The van der Waals surface area contributed by atoms with E-state index in [1.807, 2.05) is 4.72 Å². The average molecular weight is 573 g/mol. The molecule has 0 aliphatic heterocycles. The van der Waals surface area contributed by atoms with Gasteiger partial charge < -0.3 is 15.4 Å². The first kappa shape index (κ1) is 30.7. The molecule has 0 atom stereocenters. The third-order valence-electron chi connectivity index (χ3n) is 6.41. The van der Waals surface area contributed by atoms with Gasteiger partial charge in [-0.3, -0.25) is 24.2 Å². The van der Waals surface area contributed by atoms with Crippen LogP contribution in [0.4, 0.5) is 0 Å². The van der Waals surface area contributed by atoms with Gasteiger partial charge in [-0.2, -0.15) is 0 Å². The number of nitrogens with one attached hydrogen (secondary N) is 3. The molecule has 216 valence electrons. The number of sulfonamides is 1. The topological polar surface area (TPSA) is 161 Å². The highest BCUT2D eigenvalue weighted by Gasteiger charge is 2.20. The molecule has 1 aliphatic carbocycles. The minimum Gasteiger partial charge on any atom is -0.462 e. The third kappa shape index (κ3) is 9.74. The van der Waals surface area contributed by atoms with Crippen molar-refractivity contribution in [1.29, 1.82) is 0 Å². The summed E-state index contributed by atoms with van der Waals surface area (Å²) in [6.07, 6.45) is 7.70. The van der Waals surface area contributed by atoms with E-state index in [1.165, 1.54) is 43.5 Å². The van der Waals surface area contributed by atoms with E-state index >= 15 is 0 Å². The van der Waals surface area contributed by atoms with Crippen molar-refractivity contribution in [2.24, 2.45) is 5.92 Å². The van der Waals surface area contributed by atoms with Gasteiger partial charge in [-0.1, -0.05) is 31.4 Å². The molecule has 0 unspecified atom stereocenters. The highest BCUT2D eigenvalue weighted by Crippen LogP contribution is 2.26. The molecule has 40 heavy (non-hydrogen) atoms. The highest BCUT2D eigenvalue weighted by molar-refractivity contribution is 7.90. The van der Waals surface area contributed by atoms with Crippen LogP contribution in [0.3, 0.4) is 0 Å². The lowest BCUT2D eigenvalue weighted by Gasteiger charge is -2.20. The van der Waals surface area contributed by atoms with Crippen molar-refractivity contribution in [3.63, 3.8) is 0 Å². The first-order valence-corrected chi connectivity index (χ1v) is 14.9. The number of carbonyl (C=O) groups is 4. The number of esters is 1. The number of benzene rings is 1. The summed E-state index contributed by atoms with van der Waals surface area (Å²) >= 11 is 0. The summed E-state index contributed by atoms with van der Waals surface area (Å²) in [6, 6.07) is 8.56. The largest absolute Gasteiger partial charge is 0.462 e. The van der Waals surface area contributed by atoms with Gasteiger partial charge in [0.15, 0.2) is 0 Å². The number of carbonyl (C=O) groups excluding carboxylic acids is 4. The highest BCUT2D eigenvalue weighted by atomic mass is 32.2. The van der Waals surface area contributed by atoms with Crippen molar-refractivity contribution in [2.45, 2.75) is 69.8 Å². The number of hydrogen-bond acceptors (Lipinski definition) is 8. The summed E-state index contributed by atoms with van der Waals surface area (Å²) in [5.74, 6) is -1.65. The molecule has 0 saturated heterocycles. The second kappa shape index (κ2) is 14.5. The minimum absolute atomic E-state index is 0.0447. The number of amides is 3. The van der Waals surface area contributed by atoms with Crippen LogP contribution < -0.4 is 15.4 Å². The summed E-state index contributed by atoms with van der Waals surface area (Å²) in [5.41, 5.74) is 0.719. The molecule has 11 nitrogen and oxygen atoms in total. The number of ether oxygens (including phenoxy) is 1. The molecule has 1 aromatic carbocycles.